The zero-order chi connectivity index (χ0) is 14.4. The summed E-state index contributed by atoms with van der Waals surface area (Å²) in [6.07, 6.45) is 7.83. The van der Waals surface area contributed by atoms with Gasteiger partial charge in [-0.3, -0.25) is 4.79 Å². The number of rotatable bonds is 6. The second-order valence-electron chi connectivity index (χ2n) is 5.59. The van der Waals surface area contributed by atoms with Gasteiger partial charge >= 0.3 is 0 Å². The van der Waals surface area contributed by atoms with E-state index in [-0.39, 0.29) is 5.56 Å². The maximum absolute atomic E-state index is 12.2. The van der Waals surface area contributed by atoms with Crippen LogP contribution in [-0.2, 0) is 6.54 Å². The van der Waals surface area contributed by atoms with Gasteiger partial charge in [0.05, 0.1) is 11.9 Å². The molecular formula is C15H24BrN3O. The molecule has 0 saturated carbocycles. The monoisotopic (exact) mass is 341 g/mol. The second-order valence-corrected chi connectivity index (χ2v) is 6.24. The Hall–Kier alpha value is -0.840. The lowest BCUT2D eigenvalue weighted by Gasteiger charge is -2.28. The van der Waals surface area contributed by atoms with Crippen molar-refractivity contribution in [3.05, 3.63) is 22.6 Å². The molecule has 1 fully saturated rings. The van der Waals surface area contributed by atoms with Gasteiger partial charge in [-0.05, 0) is 31.6 Å². The minimum Gasteiger partial charge on any atom is -0.370 e. The third-order valence-corrected chi connectivity index (χ3v) is 4.84. The molecule has 0 aromatic carbocycles. The fraction of sp³-hybridized carbons (Fsp3) is 0.733. The van der Waals surface area contributed by atoms with E-state index in [0.717, 1.165) is 36.9 Å². The summed E-state index contributed by atoms with van der Waals surface area (Å²) < 4.78 is 1.61. The smallest absolute Gasteiger partial charge is 0.268 e. The fourth-order valence-electron chi connectivity index (χ4n) is 2.76. The second kappa shape index (κ2) is 7.81. The van der Waals surface area contributed by atoms with E-state index in [1.54, 1.807) is 10.7 Å². The first-order chi connectivity index (χ1) is 9.74. The average Bonchev–Trinajstić information content (AvgIpc) is 2.49. The summed E-state index contributed by atoms with van der Waals surface area (Å²) in [6, 6.07) is 1.75. The lowest BCUT2D eigenvalue weighted by Crippen LogP contribution is -2.33. The van der Waals surface area contributed by atoms with Crippen LogP contribution >= 0.6 is 15.9 Å². The van der Waals surface area contributed by atoms with Crippen molar-refractivity contribution in [3.63, 3.8) is 0 Å². The molecule has 0 aliphatic carbocycles. The molecule has 0 N–H and O–H groups in total. The quantitative estimate of drug-likeness (QED) is 0.746. The third-order valence-electron chi connectivity index (χ3n) is 3.92. The Labute approximate surface area is 129 Å². The largest absolute Gasteiger partial charge is 0.370 e. The molecular weight excluding hydrogens is 318 g/mol. The summed E-state index contributed by atoms with van der Waals surface area (Å²) >= 11 is 3.52. The Morgan fingerprint density at radius 2 is 2.10 bits per heavy atom. The van der Waals surface area contributed by atoms with Crippen molar-refractivity contribution in [2.45, 2.75) is 45.6 Å². The normalized spacial score (nSPS) is 17.2. The van der Waals surface area contributed by atoms with Crippen LogP contribution in [0.15, 0.2) is 17.1 Å². The Balaban J connectivity index is 2.07. The predicted octanol–water partition coefficient (Wildman–Crippen LogP) is 3.04. The number of alkyl halides is 1. The van der Waals surface area contributed by atoms with E-state index in [4.69, 9.17) is 0 Å². The van der Waals surface area contributed by atoms with Crippen LogP contribution in [0.4, 0.5) is 5.69 Å². The standard InChI is InChI=1S/C15H24BrN3O/c1-2-6-13(10-16)12-19-15(20)9-14(11-17-19)18-7-4-3-5-8-18/h9,11,13H,2-8,10,12H2,1H3. The van der Waals surface area contributed by atoms with Crippen LogP contribution in [0.25, 0.3) is 0 Å². The first kappa shape index (κ1) is 15.5. The number of anilines is 1. The molecule has 0 spiro atoms. The van der Waals surface area contributed by atoms with Gasteiger partial charge in [0, 0.05) is 31.0 Å². The molecule has 1 aromatic heterocycles. The highest BCUT2D eigenvalue weighted by atomic mass is 79.9. The van der Waals surface area contributed by atoms with Crippen molar-refractivity contribution in [2.24, 2.45) is 5.92 Å². The van der Waals surface area contributed by atoms with Crippen molar-refractivity contribution in [1.82, 2.24) is 9.78 Å². The predicted molar refractivity (Wildman–Crippen MR) is 86.8 cm³/mol. The highest BCUT2D eigenvalue weighted by molar-refractivity contribution is 9.09. The highest BCUT2D eigenvalue weighted by Crippen LogP contribution is 2.17. The van der Waals surface area contributed by atoms with Gasteiger partial charge in [-0.1, -0.05) is 29.3 Å². The molecule has 1 aliphatic heterocycles. The lowest BCUT2D eigenvalue weighted by atomic mass is 10.1. The summed E-state index contributed by atoms with van der Waals surface area (Å²) in [5, 5.41) is 5.28. The van der Waals surface area contributed by atoms with Gasteiger partial charge in [0.1, 0.15) is 0 Å². The van der Waals surface area contributed by atoms with Crippen molar-refractivity contribution < 1.29 is 0 Å². The van der Waals surface area contributed by atoms with Crippen LogP contribution in [0.2, 0.25) is 0 Å². The van der Waals surface area contributed by atoms with Crippen LogP contribution in [0, 0.1) is 5.92 Å². The van der Waals surface area contributed by atoms with Crippen molar-refractivity contribution in [1.29, 1.82) is 0 Å². The first-order valence-corrected chi connectivity index (χ1v) is 8.74. The molecule has 1 aliphatic rings. The zero-order valence-corrected chi connectivity index (χ0v) is 13.8. The number of nitrogens with zero attached hydrogens (tertiary/aromatic N) is 3. The highest BCUT2D eigenvalue weighted by Gasteiger charge is 2.14. The van der Waals surface area contributed by atoms with E-state index in [0.29, 0.717) is 12.5 Å². The molecule has 112 valence electrons. The lowest BCUT2D eigenvalue weighted by molar-refractivity contribution is 0.415. The molecule has 0 radical (unpaired) electrons. The number of halogens is 1. The topological polar surface area (TPSA) is 38.1 Å². The molecule has 0 amide bonds. The molecule has 5 heteroatoms. The minimum atomic E-state index is 0.0233. The van der Waals surface area contributed by atoms with Gasteiger partial charge in [0.25, 0.3) is 5.56 Å². The summed E-state index contributed by atoms with van der Waals surface area (Å²) in [6.45, 7) is 4.97. The Kier molecular flexibility index (Phi) is 6.07. The molecule has 1 unspecified atom stereocenters. The van der Waals surface area contributed by atoms with Gasteiger partial charge in [0.2, 0.25) is 0 Å². The van der Waals surface area contributed by atoms with Gasteiger partial charge < -0.3 is 4.90 Å². The van der Waals surface area contributed by atoms with Crippen LogP contribution in [0.1, 0.15) is 39.0 Å². The van der Waals surface area contributed by atoms with E-state index >= 15 is 0 Å². The van der Waals surface area contributed by atoms with E-state index < -0.39 is 0 Å². The Bertz CT molecular complexity index is 468. The molecule has 1 atom stereocenters. The molecule has 2 rings (SSSR count). The SMILES string of the molecule is CCCC(CBr)Cn1ncc(N2CCCCC2)cc1=O. The van der Waals surface area contributed by atoms with Crippen LogP contribution < -0.4 is 10.5 Å². The third kappa shape index (κ3) is 4.08. The van der Waals surface area contributed by atoms with Gasteiger partial charge in [-0.2, -0.15) is 5.10 Å². The van der Waals surface area contributed by atoms with Crippen LogP contribution in [-0.4, -0.2) is 28.2 Å². The molecule has 1 saturated heterocycles. The van der Waals surface area contributed by atoms with E-state index in [1.807, 2.05) is 6.20 Å². The number of hydrogen-bond donors (Lipinski definition) is 0. The van der Waals surface area contributed by atoms with Crippen LogP contribution in [0.5, 0.6) is 0 Å². The van der Waals surface area contributed by atoms with Crippen molar-refractivity contribution in [3.8, 4) is 0 Å². The summed E-state index contributed by atoms with van der Waals surface area (Å²) in [5.41, 5.74) is 1.01. The summed E-state index contributed by atoms with van der Waals surface area (Å²) in [4.78, 5) is 14.5. The van der Waals surface area contributed by atoms with Gasteiger partial charge in [0.15, 0.2) is 0 Å². The summed E-state index contributed by atoms with van der Waals surface area (Å²) in [5.74, 6) is 0.478. The Morgan fingerprint density at radius 3 is 2.70 bits per heavy atom. The van der Waals surface area contributed by atoms with Crippen LogP contribution in [0.3, 0.4) is 0 Å². The number of hydrogen-bond acceptors (Lipinski definition) is 3. The van der Waals surface area contributed by atoms with E-state index in [1.165, 1.54) is 19.3 Å². The van der Waals surface area contributed by atoms with Gasteiger partial charge in [-0.15, -0.1) is 0 Å². The van der Waals surface area contributed by atoms with Crippen molar-refractivity contribution >= 4 is 21.6 Å². The number of aromatic nitrogens is 2. The van der Waals surface area contributed by atoms with E-state index in [9.17, 15) is 4.79 Å². The maximum Gasteiger partial charge on any atom is 0.268 e. The van der Waals surface area contributed by atoms with E-state index in [2.05, 4.69) is 32.9 Å². The molecule has 0 bridgehead atoms. The Morgan fingerprint density at radius 1 is 1.35 bits per heavy atom. The maximum atomic E-state index is 12.2. The average molecular weight is 342 g/mol. The van der Waals surface area contributed by atoms with Crippen molar-refractivity contribution in [2.75, 3.05) is 23.3 Å². The molecule has 4 nitrogen and oxygen atoms in total. The molecule has 2 heterocycles. The fourth-order valence-corrected chi connectivity index (χ4v) is 3.28. The zero-order valence-electron chi connectivity index (χ0n) is 12.2. The molecule has 20 heavy (non-hydrogen) atoms. The minimum absolute atomic E-state index is 0.0233. The number of piperidine rings is 1. The van der Waals surface area contributed by atoms with Gasteiger partial charge in [-0.25, -0.2) is 4.68 Å². The molecule has 1 aromatic rings. The first-order valence-electron chi connectivity index (χ1n) is 7.62. The summed E-state index contributed by atoms with van der Waals surface area (Å²) in [7, 11) is 0.